The monoisotopic (exact) mass is 299 g/mol. The fraction of sp³-hybridized carbons (Fsp3) is 0.231. The summed E-state index contributed by atoms with van der Waals surface area (Å²) in [5, 5.41) is 8.31. The topological polar surface area (TPSA) is 68.5 Å². The van der Waals surface area contributed by atoms with Crippen LogP contribution in [-0.2, 0) is 0 Å². The molecule has 1 fully saturated rings. The molecule has 8 heteroatoms. The van der Waals surface area contributed by atoms with Crippen LogP contribution in [0.4, 0.5) is 18.0 Å². The van der Waals surface area contributed by atoms with Crippen molar-refractivity contribution in [3.63, 3.8) is 0 Å². The predicted octanol–water partition coefficient (Wildman–Crippen LogP) is 2.62. The number of carboxylic acid groups (broad SMARTS) is 1. The Hall–Kier alpha value is -2.51. The summed E-state index contributed by atoms with van der Waals surface area (Å²) >= 11 is 0. The Balaban J connectivity index is 2.32. The molecule has 1 saturated carbocycles. The van der Waals surface area contributed by atoms with E-state index in [2.05, 4.69) is 4.74 Å². The van der Waals surface area contributed by atoms with E-state index < -0.39 is 41.2 Å². The van der Waals surface area contributed by atoms with E-state index >= 15 is 0 Å². The summed E-state index contributed by atoms with van der Waals surface area (Å²) in [6.07, 6.45) is -1.78. The van der Waals surface area contributed by atoms with E-state index in [1.54, 1.807) is 0 Å². The second-order valence-corrected chi connectivity index (χ2v) is 4.70. The van der Waals surface area contributed by atoms with Crippen LogP contribution in [0.5, 0.6) is 5.75 Å². The van der Waals surface area contributed by atoms with Gasteiger partial charge in [-0.2, -0.15) is 0 Å². The van der Waals surface area contributed by atoms with Crippen molar-refractivity contribution < 1.29 is 27.8 Å². The van der Waals surface area contributed by atoms with E-state index in [9.17, 15) is 22.8 Å². The first-order chi connectivity index (χ1) is 9.88. The number of alkyl halides is 1. The maximum atomic E-state index is 13.3. The van der Waals surface area contributed by atoms with Gasteiger partial charge in [0.05, 0.1) is 23.1 Å². The molecule has 5 nitrogen and oxygen atoms in total. The molecular formula is C13H8F3NO4. The molecule has 0 saturated heterocycles. The van der Waals surface area contributed by atoms with Crippen molar-refractivity contribution in [3.8, 4) is 5.75 Å². The molecule has 0 radical (unpaired) electrons. The first kappa shape index (κ1) is 13.5. The van der Waals surface area contributed by atoms with Crippen molar-refractivity contribution in [1.29, 1.82) is 0 Å². The molecule has 2 aromatic rings. The van der Waals surface area contributed by atoms with Gasteiger partial charge in [0.1, 0.15) is 6.17 Å². The molecular weight excluding hydrogens is 291 g/mol. The van der Waals surface area contributed by atoms with Gasteiger partial charge in [0.2, 0.25) is 5.43 Å². The summed E-state index contributed by atoms with van der Waals surface area (Å²) < 4.78 is 45.4. The van der Waals surface area contributed by atoms with Gasteiger partial charge < -0.3 is 14.4 Å². The Kier molecular flexibility index (Phi) is 2.89. The Morgan fingerprint density at radius 2 is 1.95 bits per heavy atom. The van der Waals surface area contributed by atoms with Crippen LogP contribution in [0.15, 0.2) is 23.1 Å². The third-order valence-corrected chi connectivity index (χ3v) is 3.28. The van der Waals surface area contributed by atoms with E-state index in [-0.39, 0.29) is 17.3 Å². The lowest BCUT2D eigenvalue weighted by Gasteiger charge is -2.12. The average Bonchev–Trinajstić information content (AvgIpc) is 3.12. The van der Waals surface area contributed by atoms with Crippen LogP contribution in [0.25, 0.3) is 10.9 Å². The van der Waals surface area contributed by atoms with Crippen molar-refractivity contribution >= 4 is 17.1 Å². The van der Waals surface area contributed by atoms with Crippen LogP contribution in [0.1, 0.15) is 12.5 Å². The summed E-state index contributed by atoms with van der Waals surface area (Å²) in [6.45, 7) is 0. The van der Waals surface area contributed by atoms with E-state index in [1.807, 2.05) is 0 Å². The highest BCUT2D eigenvalue weighted by Gasteiger charge is 2.40. The Morgan fingerprint density at radius 3 is 2.52 bits per heavy atom. The number of hydrogen-bond acceptors (Lipinski definition) is 3. The molecule has 1 N–H and O–H groups in total. The van der Waals surface area contributed by atoms with Gasteiger partial charge in [0.15, 0.2) is 17.4 Å². The summed E-state index contributed by atoms with van der Waals surface area (Å²) in [7, 11) is 0. The molecule has 0 aliphatic heterocycles. The maximum absolute atomic E-state index is 13.3. The molecule has 1 heterocycles. The largest absolute Gasteiger partial charge is 0.511 e. The van der Waals surface area contributed by atoms with Crippen LogP contribution in [0, 0.1) is 11.6 Å². The lowest BCUT2D eigenvalue weighted by molar-refractivity contribution is 0.143. The predicted molar refractivity (Wildman–Crippen MR) is 65.3 cm³/mol. The van der Waals surface area contributed by atoms with Crippen molar-refractivity contribution in [2.75, 3.05) is 0 Å². The number of nitrogens with zero attached hydrogens (tertiary/aromatic N) is 1. The van der Waals surface area contributed by atoms with Crippen molar-refractivity contribution in [2.45, 2.75) is 18.6 Å². The third-order valence-electron chi connectivity index (χ3n) is 3.28. The van der Waals surface area contributed by atoms with Crippen molar-refractivity contribution in [2.24, 2.45) is 0 Å². The highest BCUT2D eigenvalue weighted by molar-refractivity contribution is 5.81. The third kappa shape index (κ3) is 2.22. The number of aromatic nitrogens is 1. The molecule has 3 rings (SSSR count). The van der Waals surface area contributed by atoms with E-state index in [1.165, 1.54) is 4.57 Å². The molecule has 0 bridgehead atoms. The van der Waals surface area contributed by atoms with Crippen molar-refractivity contribution in [3.05, 3.63) is 40.2 Å². The summed E-state index contributed by atoms with van der Waals surface area (Å²) in [6, 6.07) is 0.768. The van der Waals surface area contributed by atoms with Crippen LogP contribution < -0.4 is 10.2 Å². The molecule has 2 atom stereocenters. The molecule has 0 spiro atoms. The van der Waals surface area contributed by atoms with Gasteiger partial charge in [-0.15, -0.1) is 0 Å². The Bertz CT molecular complexity index is 817. The molecule has 0 unspecified atom stereocenters. The van der Waals surface area contributed by atoms with Gasteiger partial charge in [-0.3, -0.25) is 4.79 Å². The molecule has 1 aliphatic carbocycles. The van der Waals surface area contributed by atoms with E-state index in [0.29, 0.717) is 6.07 Å². The smallest absolute Gasteiger partial charge is 0.449 e. The van der Waals surface area contributed by atoms with Gasteiger partial charge in [0.25, 0.3) is 0 Å². The zero-order valence-corrected chi connectivity index (χ0v) is 10.3. The minimum absolute atomic E-state index is 0.0122. The van der Waals surface area contributed by atoms with Gasteiger partial charge >= 0.3 is 6.16 Å². The molecule has 21 heavy (non-hydrogen) atoms. The standard InChI is InChI=1S/C13H8F3NO4/c14-6-1-5-9(2-7(6)15)17(10-3-8(10)16)4-11(12(5)18)21-13(19)20/h1-2,4,8,10H,3H2,(H,19,20)/t8-,10-/m1/s1. The minimum atomic E-state index is -1.73. The van der Waals surface area contributed by atoms with E-state index in [0.717, 1.165) is 12.3 Å². The summed E-state index contributed by atoms with van der Waals surface area (Å²) in [5.41, 5.74) is -0.916. The van der Waals surface area contributed by atoms with Crippen LogP contribution in [0.3, 0.4) is 0 Å². The first-order valence-corrected chi connectivity index (χ1v) is 5.97. The number of benzene rings is 1. The highest BCUT2D eigenvalue weighted by Crippen LogP contribution is 2.41. The second kappa shape index (κ2) is 4.51. The quantitative estimate of drug-likeness (QED) is 0.865. The number of carbonyl (C=O) groups is 1. The SMILES string of the molecule is O=C(O)Oc1cn([C@@H]2C[C@H]2F)c2cc(F)c(F)cc2c1=O. The maximum Gasteiger partial charge on any atom is 0.511 e. The van der Waals surface area contributed by atoms with Crippen molar-refractivity contribution in [1.82, 2.24) is 4.57 Å². The number of halogens is 3. The molecule has 1 aliphatic rings. The fourth-order valence-corrected chi connectivity index (χ4v) is 2.20. The molecule has 1 aromatic carbocycles. The number of ether oxygens (including phenoxy) is 1. The number of rotatable bonds is 2. The van der Waals surface area contributed by atoms with Gasteiger partial charge in [0, 0.05) is 12.5 Å². The number of pyridine rings is 1. The zero-order chi connectivity index (χ0) is 15.3. The first-order valence-electron chi connectivity index (χ1n) is 5.97. The van der Waals surface area contributed by atoms with Gasteiger partial charge in [-0.25, -0.2) is 18.0 Å². The lowest BCUT2D eigenvalue weighted by Crippen LogP contribution is -2.17. The molecule has 0 amide bonds. The highest BCUT2D eigenvalue weighted by atomic mass is 19.2. The van der Waals surface area contributed by atoms with E-state index in [4.69, 9.17) is 5.11 Å². The Labute approximate surface area is 115 Å². The summed E-state index contributed by atoms with van der Waals surface area (Å²) in [4.78, 5) is 22.6. The average molecular weight is 299 g/mol. The second-order valence-electron chi connectivity index (χ2n) is 4.70. The van der Waals surface area contributed by atoms with Crippen LogP contribution >= 0.6 is 0 Å². The van der Waals surface area contributed by atoms with Gasteiger partial charge in [-0.1, -0.05) is 0 Å². The Morgan fingerprint density at radius 1 is 1.33 bits per heavy atom. The minimum Gasteiger partial charge on any atom is -0.449 e. The van der Waals surface area contributed by atoms with Crippen LogP contribution in [-0.4, -0.2) is 22.0 Å². The lowest BCUT2D eigenvalue weighted by atomic mass is 10.2. The summed E-state index contributed by atoms with van der Waals surface area (Å²) in [5.74, 6) is -3.02. The normalized spacial score (nSPS) is 20.5. The zero-order valence-electron chi connectivity index (χ0n) is 10.3. The molecule has 1 aromatic heterocycles. The van der Waals surface area contributed by atoms with Gasteiger partial charge in [-0.05, 0) is 6.07 Å². The number of fused-ring (bicyclic) bond motifs is 1. The fourth-order valence-electron chi connectivity index (χ4n) is 2.20. The molecule has 110 valence electrons. The number of hydrogen-bond donors (Lipinski definition) is 1. The van der Waals surface area contributed by atoms with Crippen LogP contribution in [0.2, 0.25) is 0 Å².